The monoisotopic (exact) mass is 432 g/mol. The van der Waals surface area contributed by atoms with Gasteiger partial charge in [-0.25, -0.2) is 14.5 Å². The van der Waals surface area contributed by atoms with Gasteiger partial charge in [-0.15, -0.1) is 0 Å². The summed E-state index contributed by atoms with van der Waals surface area (Å²) in [7, 11) is 0. The van der Waals surface area contributed by atoms with Crippen LogP contribution in [0.25, 0.3) is 0 Å². The van der Waals surface area contributed by atoms with E-state index in [1.807, 2.05) is 70.5 Å². The van der Waals surface area contributed by atoms with Crippen molar-refractivity contribution in [1.29, 1.82) is 0 Å². The van der Waals surface area contributed by atoms with Crippen LogP contribution in [0.1, 0.15) is 11.1 Å². The number of benzene rings is 2. The summed E-state index contributed by atoms with van der Waals surface area (Å²) >= 11 is 6.13. The van der Waals surface area contributed by atoms with Crippen LogP contribution in [-0.2, 0) is 26.7 Å². The first kappa shape index (κ1) is 19.8. The van der Waals surface area contributed by atoms with E-state index in [9.17, 15) is 4.57 Å². The minimum absolute atomic E-state index is 0.236. The van der Waals surface area contributed by atoms with Crippen LogP contribution in [0.3, 0.4) is 0 Å². The highest BCUT2D eigenvalue weighted by Crippen LogP contribution is 2.55. The Kier molecular flexibility index (Phi) is 6.07. The van der Waals surface area contributed by atoms with Gasteiger partial charge in [-0.05, 0) is 11.1 Å². The first-order valence-electron chi connectivity index (χ1n) is 9.45. The van der Waals surface area contributed by atoms with E-state index in [2.05, 4.69) is 9.98 Å². The summed E-state index contributed by atoms with van der Waals surface area (Å²) < 4.78 is 23.9. The lowest BCUT2D eigenvalue weighted by atomic mass is 10.2. The summed E-state index contributed by atoms with van der Waals surface area (Å²) in [5.74, 6) is 0. The third-order valence-electron chi connectivity index (χ3n) is 4.59. The van der Waals surface area contributed by atoms with Crippen molar-refractivity contribution in [2.75, 3.05) is 26.2 Å². The molecule has 0 radical (unpaired) electrons. The molecule has 2 aromatic carbocycles. The zero-order chi connectivity index (χ0) is 20.1. The van der Waals surface area contributed by atoms with Crippen molar-refractivity contribution >= 4 is 30.2 Å². The highest BCUT2D eigenvalue weighted by atomic mass is 35.7. The molecule has 0 bridgehead atoms. The Morgan fingerprint density at radius 1 is 0.793 bits per heavy atom. The molecule has 0 spiro atoms. The second-order valence-electron chi connectivity index (χ2n) is 6.76. The Labute approximate surface area is 174 Å². The molecule has 0 aliphatic carbocycles. The van der Waals surface area contributed by atoms with Crippen LogP contribution >= 0.6 is 18.2 Å². The molecule has 0 atom stereocenters. The highest BCUT2D eigenvalue weighted by Gasteiger charge is 2.35. The SMILES string of the molecule is O=P(Cl)(OC1=NCCN1Cc1ccccc1)OC1=NCCN1Cc1ccccc1. The molecule has 0 saturated heterocycles. The second-order valence-corrected chi connectivity index (χ2v) is 9.22. The number of amidine groups is 2. The van der Waals surface area contributed by atoms with E-state index in [0.717, 1.165) is 11.1 Å². The second kappa shape index (κ2) is 8.89. The van der Waals surface area contributed by atoms with E-state index in [0.29, 0.717) is 39.3 Å². The molecule has 152 valence electrons. The van der Waals surface area contributed by atoms with Gasteiger partial charge in [0.2, 0.25) is 0 Å². The van der Waals surface area contributed by atoms with Crippen molar-refractivity contribution in [3.05, 3.63) is 71.8 Å². The van der Waals surface area contributed by atoms with Crippen molar-refractivity contribution in [2.24, 2.45) is 9.98 Å². The van der Waals surface area contributed by atoms with Crippen LogP contribution in [0.4, 0.5) is 0 Å². The largest absolute Gasteiger partial charge is 0.534 e. The fourth-order valence-electron chi connectivity index (χ4n) is 3.21. The van der Waals surface area contributed by atoms with E-state index in [4.69, 9.17) is 20.3 Å². The number of rotatable bonds is 6. The number of hydrogen-bond acceptors (Lipinski definition) is 7. The molecule has 2 heterocycles. The average Bonchev–Trinajstić information content (AvgIpc) is 3.32. The molecule has 0 N–H and O–H groups in total. The van der Waals surface area contributed by atoms with Gasteiger partial charge in [0.1, 0.15) is 0 Å². The predicted molar refractivity (Wildman–Crippen MR) is 114 cm³/mol. The van der Waals surface area contributed by atoms with Crippen molar-refractivity contribution in [3.63, 3.8) is 0 Å². The third-order valence-corrected chi connectivity index (χ3v) is 5.77. The van der Waals surface area contributed by atoms with Crippen LogP contribution in [0.2, 0.25) is 0 Å². The molecule has 9 heteroatoms. The van der Waals surface area contributed by atoms with Crippen LogP contribution < -0.4 is 0 Å². The Bertz CT molecular complexity index is 866. The van der Waals surface area contributed by atoms with Gasteiger partial charge in [0, 0.05) is 37.4 Å². The zero-order valence-corrected chi connectivity index (χ0v) is 17.5. The maximum Gasteiger partial charge on any atom is 0.534 e. The standard InChI is InChI=1S/C20H22ClN4O3P/c21-29(26,27-19-22-11-13-24(19)15-17-7-3-1-4-8-17)28-20-23-12-14-25(20)16-18-9-5-2-6-10-18/h1-10H,11-16H2. The Morgan fingerprint density at radius 2 is 1.21 bits per heavy atom. The Morgan fingerprint density at radius 3 is 1.62 bits per heavy atom. The lowest BCUT2D eigenvalue weighted by Crippen LogP contribution is -2.30. The molecule has 2 aliphatic rings. The first-order valence-corrected chi connectivity index (χ1v) is 11.9. The topological polar surface area (TPSA) is 66.7 Å². The minimum Gasteiger partial charge on any atom is -0.371 e. The quantitative estimate of drug-likeness (QED) is 0.643. The van der Waals surface area contributed by atoms with Gasteiger partial charge in [0.05, 0.1) is 13.1 Å². The zero-order valence-electron chi connectivity index (χ0n) is 15.9. The van der Waals surface area contributed by atoms with Crippen LogP contribution in [-0.4, -0.2) is 48.0 Å². The molecule has 7 nitrogen and oxygen atoms in total. The molecule has 2 aromatic rings. The predicted octanol–water partition coefficient (Wildman–Crippen LogP) is 4.11. The van der Waals surface area contributed by atoms with Crippen LogP contribution in [0.15, 0.2) is 70.6 Å². The number of aliphatic imine (C=N–C) groups is 2. The summed E-state index contributed by atoms with van der Waals surface area (Å²) in [4.78, 5) is 12.4. The summed E-state index contributed by atoms with van der Waals surface area (Å²) in [6.07, 6.45) is 0. The van der Waals surface area contributed by atoms with Crippen LogP contribution in [0, 0.1) is 0 Å². The molecule has 4 rings (SSSR count). The third kappa shape index (κ3) is 5.31. The lowest BCUT2D eigenvalue weighted by molar-refractivity contribution is 0.310. The van der Waals surface area contributed by atoms with E-state index in [-0.39, 0.29) is 12.0 Å². The van der Waals surface area contributed by atoms with Gasteiger partial charge < -0.3 is 18.8 Å². The minimum atomic E-state index is -3.95. The molecule has 0 aromatic heterocycles. The molecule has 0 amide bonds. The molecule has 29 heavy (non-hydrogen) atoms. The number of nitrogens with zero attached hydrogens (tertiary/aromatic N) is 4. The van der Waals surface area contributed by atoms with Crippen molar-refractivity contribution in [1.82, 2.24) is 9.80 Å². The Hall–Kier alpha value is -2.50. The van der Waals surface area contributed by atoms with Crippen molar-refractivity contribution in [3.8, 4) is 0 Å². The van der Waals surface area contributed by atoms with E-state index < -0.39 is 6.95 Å². The van der Waals surface area contributed by atoms with Gasteiger partial charge >= 0.3 is 6.95 Å². The smallest absolute Gasteiger partial charge is 0.371 e. The average molecular weight is 433 g/mol. The summed E-state index contributed by atoms with van der Waals surface area (Å²) in [6, 6.07) is 20.3. The van der Waals surface area contributed by atoms with Gasteiger partial charge in [-0.3, -0.25) is 0 Å². The summed E-state index contributed by atoms with van der Waals surface area (Å²) in [5.41, 5.74) is 2.20. The molecular weight excluding hydrogens is 411 g/mol. The van der Waals surface area contributed by atoms with Crippen molar-refractivity contribution < 1.29 is 13.6 Å². The lowest BCUT2D eigenvalue weighted by Gasteiger charge is -2.24. The van der Waals surface area contributed by atoms with E-state index in [1.165, 1.54) is 0 Å². The number of hydrogen-bond donors (Lipinski definition) is 0. The highest BCUT2D eigenvalue weighted by molar-refractivity contribution is 7.82. The number of halogens is 1. The maximum absolute atomic E-state index is 12.8. The van der Waals surface area contributed by atoms with Crippen molar-refractivity contribution in [2.45, 2.75) is 13.1 Å². The van der Waals surface area contributed by atoms with E-state index >= 15 is 0 Å². The van der Waals surface area contributed by atoms with Gasteiger partial charge in [0.25, 0.3) is 12.0 Å². The fourth-order valence-corrected chi connectivity index (χ4v) is 4.36. The summed E-state index contributed by atoms with van der Waals surface area (Å²) in [5, 5.41) is 0. The Balaban J connectivity index is 1.37. The first-order chi connectivity index (χ1) is 14.1. The van der Waals surface area contributed by atoms with Gasteiger partial charge in [-0.1, -0.05) is 60.7 Å². The molecule has 0 saturated carbocycles. The van der Waals surface area contributed by atoms with Gasteiger partial charge in [-0.2, -0.15) is 0 Å². The molecule has 2 aliphatic heterocycles. The van der Waals surface area contributed by atoms with Crippen LogP contribution in [0.5, 0.6) is 0 Å². The molecule has 0 fully saturated rings. The maximum atomic E-state index is 12.8. The fraction of sp³-hybridized carbons (Fsp3) is 0.300. The normalized spacial score (nSPS) is 16.6. The molecule has 0 unspecified atom stereocenters. The summed E-state index contributed by atoms with van der Waals surface area (Å²) in [6.45, 7) is -0.309. The molecular formula is C20H22ClN4O3P. The van der Waals surface area contributed by atoms with E-state index in [1.54, 1.807) is 0 Å². The van der Waals surface area contributed by atoms with Gasteiger partial charge in [0.15, 0.2) is 0 Å².